The van der Waals surface area contributed by atoms with Crippen molar-refractivity contribution in [3.05, 3.63) is 35.1 Å². The Bertz CT molecular complexity index is 991. The van der Waals surface area contributed by atoms with Crippen molar-refractivity contribution >= 4 is 15.9 Å². The van der Waals surface area contributed by atoms with Gasteiger partial charge in [-0.2, -0.15) is 0 Å². The van der Waals surface area contributed by atoms with E-state index >= 15 is 0 Å². The summed E-state index contributed by atoms with van der Waals surface area (Å²) < 4.78 is 24.1. The van der Waals surface area contributed by atoms with Gasteiger partial charge >= 0.3 is 0 Å². The third kappa shape index (κ3) is 3.24. The van der Waals surface area contributed by atoms with Gasteiger partial charge in [0, 0.05) is 18.2 Å². The Labute approximate surface area is 171 Å². The number of rotatable bonds is 6. The van der Waals surface area contributed by atoms with Crippen LogP contribution in [0, 0.1) is 0 Å². The van der Waals surface area contributed by atoms with E-state index in [0.717, 1.165) is 15.7 Å². The predicted octanol–water partition coefficient (Wildman–Crippen LogP) is 4.26. The second kappa shape index (κ2) is 8.02. The summed E-state index contributed by atoms with van der Waals surface area (Å²) >= 11 is 3.48. The number of imidazole rings is 1. The lowest BCUT2D eigenvalue weighted by Gasteiger charge is -2.16. The van der Waals surface area contributed by atoms with E-state index in [2.05, 4.69) is 20.9 Å². The molecule has 0 aliphatic carbocycles. The van der Waals surface area contributed by atoms with Crippen LogP contribution in [-0.4, -0.2) is 43.1 Å². The van der Waals surface area contributed by atoms with Gasteiger partial charge in [0.1, 0.15) is 16.0 Å². The molecule has 0 spiro atoms. The van der Waals surface area contributed by atoms with E-state index in [1.54, 1.807) is 26.6 Å². The average Bonchev–Trinajstić information content (AvgIpc) is 3.09. The average molecular weight is 449 g/mol. The van der Waals surface area contributed by atoms with Crippen LogP contribution in [0.2, 0.25) is 0 Å². The summed E-state index contributed by atoms with van der Waals surface area (Å²) in [4.78, 5) is 4.56. The second-order valence-electron chi connectivity index (χ2n) is 5.94. The molecule has 7 nitrogen and oxygen atoms in total. The molecule has 3 aromatic rings. The third-order valence-corrected chi connectivity index (χ3v) is 5.21. The van der Waals surface area contributed by atoms with Gasteiger partial charge in [-0.05, 0) is 40.2 Å². The summed E-state index contributed by atoms with van der Waals surface area (Å²) in [6.45, 7) is 0. The first-order chi connectivity index (χ1) is 13.5. The van der Waals surface area contributed by atoms with Gasteiger partial charge in [0.15, 0.2) is 11.5 Å². The minimum absolute atomic E-state index is 0.0689. The van der Waals surface area contributed by atoms with E-state index in [4.69, 9.17) is 18.9 Å². The highest BCUT2D eigenvalue weighted by atomic mass is 79.9. The van der Waals surface area contributed by atoms with E-state index in [1.807, 2.05) is 29.8 Å². The molecule has 3 rings (SSSR count). The van der Waals surface area contributed by atoms with Gasteiger partial charge < -0.3 is 28.6 Å². The largest absolute Gasteiger partial charge is 0.502 e. The maximum absolute atomic E-state index is 10.5. The van der Waals surface area contributed by atoms with Gasteiger partial charge in [-0.25, -0.2) is 4.98 Å². The van der Waals surface area contributed by atoms with Crippen molar-refractivity contribution in [2.75, 3.05) is 28.4 Å². The quantitative estimate of drug-likeness (QED) is 0.607. The number of benzene rings is 2. The SMILES string of the molecule is COc1ccc(-c2c(-c3cc(OC)c(Br)c(OC)c3)ncn2C)c(OC)c1O. The normalized spacial score (nSPS) is 10.6. The summed E-state index contributed by atoms with van der Waals surface area (Å²) in [7, 11) is 8.05. The van der Waals surface area contributed by atoms with Crippen LogP contribution in [0.4, 0.5) is 0 Å². The minimum Gasteiger partial charge on any atom is -0.502 e. The zero-order chi connectivity index (χ0) is 20.4. The monoisotopic (exact) mass is 448 g/mol. The molecule has 1 N–H and O–H groups in total. The van der Waals surface area contributed by atoms with Crippen LogP contribution in [0.5, 0.6) is 28.7 Å². The molecule has 0 bridgehead atoms. The summed E-state index contributed by atoms with van der Waals surface area (Å²) in [5, 5.41) is 10.5. The zero-order valence-corrected chi connectivity index (χ0v) is 17.8. The summed E-state index contributed by atoms with van der Waals surface area (Å²) in [5.74, 6) is 1.81. The number of aromatic nitrogens is 2. The Balaban J connectivity index is 2.27. The summed E-state index contributed by atoms with van der Waals surface area (Å²) in [6.07, 6.45) is 1.70. The molecule has 0 radical (unpaired) electrons. The Hall–Kier alpha value is -2.87. The van der Waals surface area contributed by atoms with Crippen molar-refractivity contribution in [2.24, 2.45) is 7.05 Å². The van der Waals surface area contributed by atoms with Gasteiger partial charge in [0.2, 0.25) is 5.75 Å². The molecule has 8 heteroatoms. The van der Waals surface area contributed by atoms with Crippen LogP contribution in [0.1, 0.15) is 0 Å². The molecule has 0 amide bonds. The van der Waals surface area contributed by atoms with Crippen molar-refractivity contribution in [3.63, 3.8) is 0 Å². The maximum Gasteiger partial charge on any atom is 0.201 e. The fourth-order valence-electron chi connectivity index (χ4n) is 3.08. The molecule has 0 aliphatic rings. The number of phenolic OH excluding ortho intramolecular Hbond substituents is 1. The van der Waals surface area contributed by atoms with Gasteiger partial charge in [-0.15, -0.1) is 0 Å². The Morgan fingerprint density at radius 1 is 0.929 bits per heavy atom. The lowest BCUT2D eigenvalue weighted by molar-refractivity contribution is 0.341. The number of aryl methyl sites for hydroxylation is 1. The highest BCUT2D eigenvalue weighted by molar-refractivity contribution is 9.10. The van der Waals surface area contributed by atoms with Crippen molar-refractivity contribution < 1.29 is 24.1 Å². The molecule has 148 valence electrons. The standard InChI is InChI=1S/C20H21BrN2O5/c1-23-10-22-17(11-8-14(26-3)16(21)15(9-11)27-4)18(23)12-6-7-13(25-2)19(24)20(12)28-5/h6-10,24H,1-5H3. The fourth-order valence-corrected chi connectivity index (χ4v) is 3.63. The first kappa shape index (κ1) is 19.9. The van der Waals surface area contributed by atoms with E-state index in [1.165, 1.54) is 14.2 Å². The lowest BCUT2D eigenvalue weighted by Crippen LogP contribution is -1.97. The maximum atomic E-state index is 10.5. The van der Waals surface area contributed by atoms with Gasteiger partial charge in [0.25, 0.3) is 0 Å². The van der Waals surface area contributed by atoms with Crippen LogP contribution in [-0.2, 0) is 7.05 Å². The van der Waals surface area contributed by atoms with E-state index in [0.29, 0.717) is 34.3 Å². The van der Waals surface area contributed by atoms with Crippen molar-refractivity contribution in [1.29, 1.82) is 0 Å². The smallest absolute Gasteiger partial charge is 0.201 e. The number of hydrogen-bond donors (Lipinski definition) is 1. The van der Waals surface area contributed by atoms with Gasteiger partial charge in [0.05, 0.1) is 46.2 Å². The topological polar surface area (TPSA) is 75.0 Å². The molecule has 0 atom stereocenters. The number of methoxy groups -OCH3 is 4. The highest BCUT2D eigenvalue weighted by Crippen LogP contribution is 2.47. The van der Waals surface area contributed by atoms with Crippen molar-refractivity contribution in [1.82, 2.24) is 9.55 Å². The Kier molecular flexibility index (Phi) is 5.69. The third-order valence-electron chi connectivity index (χ3n) is 4.43. The van der Waals surface area contributed by atoms with Gasteiger partial charge in [-0.3, -0.25) is 0 Å². The number of ether oxygens (including phenoxy) is 4. The molecule has 0 aliphatic heterocycles. The van der Waals surface area contributed by atoms with Crippen molar-refractivity contribution in [3.8, 4) is 51.3 Å². The number of aromatic hydroxyl groups is 1. The Morgan fingerprint density at radius 3 is 2.07 bits per heavy atom. The minimum atomic E-state index is -0.0689. The second-order valence-corrected chi connectivity index (χ2v) is 6.74. The van der Waals surface area contributed by atoms with Crippen LogP contribution in [0.3, 0.4) is 0 Å². The molecule has 0 fully saturated rings. The van der Waals surface area contributed by atoms with Crippen molar-refractivity contribution in [2.45, 2.75) is 0 Å². The summed E-state index contributed by atoms with van der Waals surface area (Å²) in [5.41, 5.74) is 2.93. The van der Waals surface area contributed by atoms with Crippen LogP contribution in [0.15, 0.2) is 35.1 Å². The molecular weight excluding hydrogens is 428 g/mol. The molecule has 2 aromatic carbocycles. The van der Waals surface area contributed by atoms with Crippen LogP contribution >= 0.6 is 15.9 Å². The number of phenols is 1. The lowest BCUT2D eigenvalue weighted by atomic mass is 10.0. The number of hydrogen-bond acceptors (Lipinski definition) is 6. The number of halogens is 1. The molecule has 1 heterocycles. The molecule has 0 saturated carbocycles. The first-order valence-corrected chi connectivity index (χ1v) is 9.13. The van der Waals surface area contributed by atoms with E-state index in [9.17, 15) is 5.11 Å². The molecule has 28 heavy (non-hydrogen) atoms. The van der Waals surface area contributed by atoms with Crippen LogP contribution < -0.4 is 18.9 Å². The molecule has 0 saturated heterocycles. The summed E-state index contributed by atoms with van der Waals surface area (Å²) in [6, 6.07) is 7.25. The fraction of sp³-hybridized carbons (Fsp3) is 0.250. The highest BCUT2D eigenvalue weighted by Gasteiger charge is 2.23. The molecule has 1 aromatic heterocycles. The molecular formula is C20H21BrN2O5. The van der Waals surface area contributed by atoms with Crippen LogP contribution in [0.25, 0.3) is 22.5 Å². The van der Waals surface area contributed by atoms with E-state index in [-0.39, 0.29) is 5.75 Å². The van der Waals surface area contributed by atoms with Gasteiger partial charge in [-0.1, -0.05) is 0 Å². The predicted molar refractivity (Wildman–Crippen MR) is 110 cm³/mol. The Morgan fingerprint density at radius 2 is 1.54 bits per heavy atom. The number of nitrogens with zero attached hydrogens (tertiary/aromatic N) is 2. The first-order valence-electron chi connectivity index (χ1n) is 8.34. The van der Waals surface area contributed by atoms with E-state index < -0.39 is 0 Å². The molecule has 0 unspecified atom stereocenters. The zero-order valence-electron chi connectivity index (χ0n) is 16.2.